The molecule has 8 nitrogen and oxygen atoms in total. The Kier molecular flexibility index (Phi) is 8.49. The normalized spacial score (nSPS) is 15.5. The molecule has 0 bridgehead atoms. The molecular weight excluding hydrogens is 370 g/mol. The van der Waals surface area contributed by atoms with E-state index < -0.39 is 10.0 Å². The van der Waals surface area contributed by atoms with Crippen molar-refractivity contribution in [1.29, 1.82) is 0 Å². The van der Waals surface area contributed by atoms with Gasteiger partial charge in [0.25, 0.3) is 0 Å². The van der Waals surface area contributed by atoms with Gasteiger partial charge in [0.05, 0.1) is 30.4 Å². The second kappa shape index (κ2) is 10.6. The van der Waals surface area contributed by atoms with Gasteiger partial charge in [0.1, 0.15) is 5.75 Å². The number of hydrogen-bond donors (Lipinski definition) is 2. The summed E-state index contributed by atoms with van der Waals surface area (Å²) in [5.41, 5.74) is 0.361. The average molecular weight is 400 g/mol. The van der Waals surface area contributed by atoms with Gasteiger partial charge in [-0.2, -0.15) is 0 Å². The van der Waals surface area contributed by atoms with E-state index in [0.29, 0.717) is 31.0 Å². The van der Waals surface area contributed by atoms with Gasteiger partial charge in [-0.25, -0.2) is 13.1 Å². The molecule has 0 unspecified atom stereocenters. The molecule has 2 N–H and O–H groups in total. The van der Waals surface area contributed by atoms with Crippen molar-refractivity contribution < 1.29 is 22.7 Å². The van der Waals surface area contributed by atoms with Crippen molar-refractivity contribution in [2.24, 2.45) is 0 Å². The molecule has 2 rings (SSSR count). The van der Waals surface area contributed by atoms with E-state index in [1.807, 2.05) is 6.92 Å². The molecule has 27 heavy (non-hydrogen) atoms. The zero-order valence-corrected chi connectivity index (χ0v) is 16.8. The van der Waals surface area contributed by atoms with E-state index in [2.05, 4.69) is 14.9 Å². The van der Waals surface area contributed by atoms with Crippen LogP contribution in [0, 0.1) is 0 Å². The molecule has 1 fully saturated rings. The molecule has 1 aliphatic heterocycles. The Hall–Kier alpha value is -1.68. The summed E-state index contributed by atoms with van der Waals surface area (Å²) in [5.74, 6) is 0.245. The molecule has 1 aromatic rings. The molecule has 1 heterocycles. The highest BCUT2D eigenvalue weighted by Gasteiger charge is 2.18. The van der Waals surface area contributed by atoms with E-state index >= 15 is 0 Å². The van der Waals surface area contributed by atoms with Crippen molar-refractivity contribution in [2.75, 3.05) is 51.3 Å². The van der Waals surface area contributed by atoms with Gasteiger partial charge in [-0.1, -0.05) is 6.92 Å². The van der Waals surface area contributed by atoms with Crippen LogP contribution in [0.4, 0.5) is 5.69 Å². The fourth-order valence-corrected chi connectivity index (χ4v) is 3.81. The molecule has 0 atom stereocenters. The molecule has 0 radical (unpaired) electrons. The van der Waals surface area contributed by atoms with Crippen LogP contribution in [0.2, 0.25) is 0 Å². The van der Waals surface area contributed by atoms with Crippen molar-refractivity contribution >= 4 is 21.6 Å². The van der Waals surface area contributed by atoms with Crippen LogP contribution in [-0.2, 0) is 19.6 Å². The van der Waals surface area contributed by atoms with E-state index in [1.54, 1.807) is 13.0 Å². The Morgan fingerprint density at radius 2 is 2.00 bits per heavy atom. The quantitative estimate of drug-likeness (QED) is 0.578. The summed E-state index contributed by atoms with van der Waals surface area (Å²) in [6, 6.07) is 4.48. The van der Waals surface area contributed by atoms with Crippen molar-refractivity contribution in [3.63, 3.8) is 0 Å². The van der Waals surface area contributed by atoms with Gasteiger partial charge in [0, 0.05) is 26.1 Å². The topological polar surface area (TPSA) is 97.0 Å². The molecule has 0 aromatic heterocycles. The van der Waals surface area contributed by atoms with Crippen molar-refractivity contribution in [3.05, 3.63) is 18.2 Å². The van der Waals surface area contributed by atoms with E-state index in [4.69, 9.17) is 9.47 Å². The SMILES string of the molecule is CCOc1ccc(S(=O)(=O)NCCCN2CCOCC2)cc1NC(=O)CC. The lowest BCUT2D eigenvalue weighted by molar-refractivity contribution is -0.115. The van der Waals surface area contributed by atoms with E-state index in [9.17, 15) is 13.2 Å². The summed E-state index contributed by atoms with van der Waals surface area (Å²) in [4.78, 5) is 14.1. The van der Waals surface area contributed by atoms with Gasteiger partial charge in [-0.15, -0.1) is 0 Å². The summed E-state index contributed by atoms with van der Waals surface area (Å²) in [6.07, 6.45) is 1.01. The zero-order valence-electron chi connectivity index (χ0n) is 16.0. The minimum absolute atomic E-state index is 0.101. The Morgan fingerprint density at radius 1 is 1.26 bits per heavy atom. The molecule has 1 aliphatic rings. The minimum atomic E-state index is -3.66. The molecular formula is C18H29N3O5S. The van der Waals surface area contributed by atoms with Crippen LogP contribution < -0.4 is 14.8 Å². The number of benzene rings is 1. The molecule has 1 amide bonds. The van der Waals surface area contributed by atoms with Crippen LogP contribution in [0.5, 0.6) is 5.75 Å². The van der Waals surface area contributed by atoms with Crippen LogP contribution in [0.3, 0.4) is 0 Å². The number of sulfonamides is 1. The maximum Gasteiger partial charge on any atom is 0.240 e. The van der Waals surface area contributed by atoms with E-state index in [-0.39, 0.29) is 10.8 Å². The standard InChI is InChI=1S/C18H29N3O5S/c1-3-18(22)20-16-14-15(6-7-17(16)26-4-2)27(23,24)19-8-5-9-21-10-12-25-13-11-21/h6-7,14,19H,3-5,8-13H2,1-2H3,(H,20,22). The highest BCUT2D eigenvalue weighted by Crippen LogP contribution is 2.28. The average Bonchev–Trinajstić information content (AvgIpc) is 2.67. The molecule has 152 valence electrons. The Balaban J connectivity index is 1.98. The second-order valence-electron chi connectivity index (χ2n) is 6.20. The number of carbonyl (C=O) groups is 1. The van der Waals surface area contributed by atoms with E-state index in [0.717, 1.165) is 39.3 Å². The zero-order chi connectivity index (χ0) is 19.7. The third-order valence-corrected chi connectivity index (χ3v) is 5.66. The first-order chi connectivity index (χ1) is 13.0. The monoisotopic (exact) mass is 399 g/mol. The van der Waals surface area contributed by atoms with Gasteiger partial charge in [0.2, 0.25) is 15.9 Å². The van der Waals surface area contributed by atoms with Crippen LogP contribution in [0.1, 0.15) is 26.7 Å². The third-order valence-electron chi connectivity index (χ3n) is 4.20. The minimum Gasteiger partial charge on any atom is -0.492 e. The maximum absolute atomic E-state index is 12.6. The smallest absolute Gasteiger partial charge is 0.240 e. The number of carbonyl (C=O) groups excluding carboxylic acids is 1. The fraction of sp³-hybridized carbons (Fsp3) is 0.611. The first kappa shape index (κ1) is 21.6. The summed E-state index contributed by atoms with van der Waals surface area (Å²) in [5, 5.41) is 2.69. The Morgan fingerprint density at radius 3 is 2.67 bits per heavy atom. The van der Waals surface area contributed by atoms with Crippen molar-refractivity contribution in [1.82, 2.24) is 9.62 Å². The molecule has 1 aromatic carbocycles. The van der Waals surface area contributed by atoms with Crippen molar-refractivity contribution in [3.8, 4) is 5.75 Å². The summed E-state index contributed by atoms with van der Waals surface area (Å²) in [7, 11) is -3.66. The predicted molar refractivity (Wildman–Crippen MR) is 104 cm³/mol. The summed E-state index contributed by atoms with van der Waals surface area (Å²) < 4.78 is 38.5. The molecule has 0 spiro atoms. The number of nitrogens with one attached hydrogen (secondary N) is 2. The van der Waals surface area contributed by atoms with Crippen LogP contribution in [0.15, 0.2) is 23.1 Å². The lowest BCUT2D eigenvalue weighted by Gasteiger charge is -2.26. The summed E-state index contributed by atoms with van der Waals surface area (Å²) in [6.45, 7) is 8.36. The Bertz CT molecular complexity index is 718. The number of rotatable bonds is 10. The third kappa shape index (κ3) is 6.76. The van der Waals surface area contributed by atoms with Crippen molar-refractivity contribution in [2.45, 2.75) is 31.6 Å². The number of amides is 1. The number of morpholine rings is 1. The maximum atomic E-state index is 12.6. The van der Waals surface area contributed by atoms with E-state index in [1.165, 1.54) is 12.1 Å². The number of ether oxygens (including phenoxy) is 2. The highest BCUT2D eigenvalue weighted by molar-refractivity contribution is 7.89. The number of anilines is 1. The van der Waals surface area contributed by atoms with Gasteiger partial charge < -0.3 is 14.8 Å². The molecule has 0 aliphatic carbocycles. The number of nitrogens with zero attached hydrogens (tertiary/aromatic N) is 1. The van der Waals surface area contributed by atoms with Gasteiger partial charge in [-0.3, -0.25) is 9.69 Å². The highest BCUT2D eigenvalue weighted by atomic mass is 32.2. The fourth-order valence-electron chi connectivity index (χ4n) is 2.71. The van der Waals surface area contributed by atoms with Gasteiger partial charge in [0.15, 0.2) is 0 Å². The predicted octanol–water partition coefficient (Wildman–Crippen LogP) is 1.43. The molecule has 9 heteroatoms. The largest absolute Gasteiger partial charge is 0.492 e. The van der Waals surface area contributed by atoms with Crippen LogP contribution in [0.25, 0.3) is 0 Å². The Labute approximate surface area is 161 Å². The molecule has 1 saturated heterocycles. The lowest BCUT2D eigenvalue weighted by Crippen LogP contribution is -2.38. The van der Waals surface area contributed by atoms with Crippen LogP contribution >= 0.6 is 0 Å². The van der Waals surface area contributed by atoms with Crippen LogP contribution in [-0.4, -0.2) is 65.2 Å². The summed E-state index contributed by atoms with van der Waals surface area (Å²) >= 11 is 0. The first-order valence-electron chi connectivity index (χ1n) is 9.32. The first-order valence-corrected chi connectivity index (χ1v) is 10.8. The lowest BCUT2D eigenvalue weighted by atomic mass is 10.3. The van der Waals surface area contributed by atoms with Gasteiger partial charge in [-0.05, 0) is 38.1 Å². The second-order valence-corrected chi connectivity index (χ2v) is 7.97. The molecule has 0 saturated carbocycles. The number of hydrogen-bond acceptors (Lipinski definition) is 6. The van der Waals surface area contributed by atoms with Gasteiger partial charge >= 0.3 is 0 Å².